The number of aliphatic hydroxyl groups excluding tert-OH is 1. The van der Waals surface area contributed by atoms with Crippen LogP contribution in [0.4, 0.5) is 0 Å². The van der Waals surface area contributed by atoms with Gasteiger partial charge >= 0.3 is 0 Å². The maximum absolute atomic E-state index is 9.42. The Bertz CT molecular complexity index is 489. The van der Waals surface area contributed by atoms with Crippen LogP contribution in [0.5, 0.6) is 0 Å². The third-order valence-corrected chi connectivity index (χ3v) is 1.73. The molecule has 0 saturated heterocycles. The molecule has 1 aromatic carbocycles. The molecule has 0 aliphatic carbocycles. The maximum Gasteiger partial charge on any atom is 0.177 e. The molecule has 0 aromatic heterocycles. The highest BCUT2D eigenvalue weighted by molar-refractivity contribution is 5.36. The summed E-state index contributed by atoms with van der Waals surface area (Å²) in [5, 5.41) is 9.42. The Kier molecular flexibility index (Phi) is 6.09. The van der Waals surface area contributed by atoms with E-state index < -0.39 is 6.10 Å². The molecule has 17 heavy (non-hydrogen) atoms. The normalized spacial score (nSPS) is 10.1. The van der Waals surface area contributed by atoms with E-state index in [0.29, 0.717) is 0 Å². The van der Waals surface area contributed by atoms with E-state index in [1.165, 1.54) is 0 Å². The van der Waals surface area contributed by atoms with Crippen LogP contribution in [-0.4, -0.2) is 24.4 Å². The molecule has 0 heterocycles. The third kappa shape index (κ3) is 6.08. The molecule has 0 aliphatic heterocycles. The highest BCUT2D eigenvalue weighted by Crippen LogP contribution is 1.94. The van der Waals surface area contributed by atoms with Crippen LogP contribution >= 0.6 is 0 Å². The number of aliphatic hydroxyl groups is 1. The highest BCUT2D eigenvalue weighted by atomic mass is 16.5. The molecule has 1 N–H and O–H groups in total. The van der Waals surface area contributed by atoms with Gasteiger partial charge in [-0.2, -0.15) is 0 Å². The van der Waals surface area contributed by atoms with Crippen LogP contribution in [0.1, 0.15) is 5.56 Å². The molecule has 0 aliphatic rings. The maximum atomic E-state index is 9.42. The lowest BCUT2D eigenvalue weighted by Crippen LogP contribution is -1.99. The Morgan fingerprint density at radius 2 is 1.94 bits per heavy atom. The summed E-state index contributed by atoms with van der Waals surface area (Å²) in [7, 11) is 0. The van der Waals surface area contributed by atoms with E-state index in [9.17, 15) is 5.11 Å². The van der Waals surface area contributed by atoms with Crippen LogP contribution in [0.2, 0.25) is 0 Å². The average molecular weight is 224 g/mol. The van der Waals surface area contributed by atoms with Gasteiger partial charge in [0.25, 0.3) is 0 Å². The van der Waals surface area contributed by atoms with E-state index in [0.717, 1.165) is 5.56 Å². The molecule has 1 unspecified atom stereocenters. The van der Waals surface area contributed by atoms with Crippen LogP contribution in [-0.2, 0) is 4.74 Å². The van der Waals surface area contributed by atoms with Crippen molar-refractivity contribution in [3.05, 3.63) is 35.9 Å². The summed E-state index contributed by atoms with van der Waals surface area (Å²) in [6, 6.07) is 9.40. The summed E-state index contributed by atoms with van der Waals surface area (Å²) in [5.74, 6) is 13.0. The predicted octanol–water partition coefficient (Wildman–Crippen LogP) is 1.05. The number of hydrogen-bond donors (Lipinski definition) is 1. The van der Waals surface area contributed by atoms with E-state index >= 15 is 0 Å². The van der Waals surface area contributed by atoms with E-state index in [2.05, 4.69) is 29.6 Å². The first-order valence-electron chi connectivity index (χ1n) is 5.07. The number of ether oxygens (including phenoxy) is 1. The summed E-state index contributed by atoms with van der Waals surface area (Å²) in [6.45, 7) is 0.425. The zero-order valence-electron chi connectivity index (χ0n) is 9.31. The lowest BCUT2D eigenvalue weighted by molar-refractivity contribution is 0.204. The van der Waals surface area contributed by atoms with Gasteiger partial charge in [-0.25, -0.2) is 0 Å². The topological polar surface area (TPSA) is 29.5 Å². The summed E-state index contributed by atoms with van der Waals surface area (Å²) in [6.07, 6.45) is 4.02. The first-order valence-corrected chi connectivity index (χ1v) is 5.07. The molecular weight excluding hydrogens is 212 g/mol. The van der Waals surface area contributed by atoms with Gasteiger partial charge in [0.1, 0.15) is 13.2 Å². The van der Waals surface area contributed by atoms with Crippen molar-refractivity contribution in [1.82, 2.24) is 0 Å². The second-order valence-corrected chi connectivity index (χ2v) is 3.06. The molecule has 2 nitrogen and oxygen atoms in total. The average Bonchev–Trinajstić information content (AvgIpc) is 2.37. The SMILES string of the molecule is C#CCOCC#CC(O)C#Cc1ccccc1. The summed E-state index contributed by atoms with van der Waals surface area (Å²) >= 11 is 0. The van der Waals surface area contributed by atoms with Gasteiger partial charge in [0, 0.05) is 5.56 Å². The van der Waals surface area contributed by atoms with Crippen LogP contribution in [0.25, 0.3) is 0 Å². The molecule has 0 amide bonds. The van der Waals surface area contributed by atoms with Gasteiger partial charge < -0.3 is 9.84 Å². The van der Waals surface area contributed by atoms with Crippen molar-refractivity contribution in [2.45, 2.75) is 6.10 Å². The van der Waals surface area contributed by atoms with Gasteiger partial charge in [0.2, 0.25) is 0 Å². The van der Waals surface area contributed by atoms with Crippen molar-refractivity contribution in [2.24, 2.45) is 0 Å². The molecular formula is C15H12O2. The lowest BCUT2D eigenvalue weighted by atomic mass is 10.2. The highest BCUT2D eigenvalue weighted by Gasteiger charge is 1.89. The Morgan fingerprint density at radius 3 is 2.65 bits per heavy atom. The second-order valence-electron chi connectivity index (χ2n) is 3.06. The van der Waals surface area contributed by atoms with E-state index in [4.69, 9.17) is 11.2 Å². The zero-order chi connectivity index (χ0) is 12.3. The molecule has 84 valence electrons. The second kappa shape index (κ2) is 8.03. The fourth-order valence-electron chi connectivity index (χ4n) is 1.01. The zero-order valence-corrected chi connectivity index (χ0v) is 9.31. The van der Waals surface area contributed by atoms with Crippen LogP contribution in [0.15, 0.2) is 30.3 Å². The molecule has 1 atom stereocenters. The number of benzene rings is 1. The minimum absolute atomic E-state index is 0.203. The first kappa shape index (κ1) is 12.9. The van der Waals surface area contributed by atoms with Gasteiger partial charge in [0.05, 0.1) is 0 Å². The minimum Gasteiger partial charge on any atom is -0.369 e. The standard InChI is InChI=1S/C15H12O2/c1-2-12-17-13-6-9-15(16)11-10-14-7-4-3-5-8-14/h1,3-5,7-8,15-16H,12-13H2. The van der Waals surface area contributed by atoms with Crippen LogP contribution < -0.4 is 0 Å². The Hall–Kier alpha value is -2.18. The number of rotatable bonds is 2. The van der Waals surface area contributed by atoms with Gasteiger partial charge in [-0.3, -0.25) is 0 Å². The van der Waals surface area contributed by atoms with Crippen molar-refractivity contribution in [3.8, 4) is 36.0 Å². The number of terminal acetylenes is 1. The van der Waals surface area contributed by atoms with Crippen molar-refractivity contribution < 1.29 is 9.84 Å². The van der Waals surface area contributed by atoms with Gasteiger partial charge in [-0.05, 0) is 12.1 Å². The van der Waals surface area contributed by atoms with Gasteiger partial charge in [-0.1, -0.05) is 47.8 Å². The van der Waals surface area contributed by atoms with Crippen molar-refractivity contribution >= 4 is 0 Å². The fraction of sp³-hybridized carbons (Fsp3) is 0.200. The molecule has 2 heteroatoms. The summed E-state index contributed by atoms with van der Waals surface area (Å²) < 4.78 is 4.93. The molecule has 1 rings (SSSR count). The summed E-state index contributed by atoms with van der Waals surface area (Å²) in [4.78, 5) is 0. The minimum atomic E-state index is -0.968. The molecule has 0 fully saturated rings. The van der Waals surface area contributed by atoms with Gasteiger partial charge in [-0.15, -0.1) is 6.42 Å². The molecule has 1 aromatic rings. The molecule has 0 radical (unpaired) electrons. The van der Waals surface area contributed by atoms with Gasteiger partial charge in [0.15, 0.2) is 6.10 Å². The number of hydrogen-bond acceptors (Lipinski definition) is 2. The molecule has 0 saturated carbocycles. The molecule has 0 bridgehead atoms. The quantitative estimate of drug-likeness (QED) is 0.601. The first-order chi connectivity index (χ1) is 8.33. The predicted molar refractivity (Wildman–Crippen MR) is 66.8 cm³/mol. The lowest BCUT2D eigenvalue weighted by Gasteiger charge is -1.91. The van der Waals surface area contributed by atoms with E-state index in [1.807, 2.05) is 30.3 Å². The third-order valence-electron chi connectivity index (χ3n) is 1.73. The van der Waals surface area contributed by atoms with Crippen molar-refractivity contribution in [3.63, 3.8) is 0 Å². The summed E-state index contributed by atoms with van der Waals surface area (Å²) in [5.41, 5.74) is 0.844. The van der Waals surface area contributed by atoms with Crippen molar-refractivity contribution in [2.75, 3.05) is 13.2 Å². The van der Waals surface area contributed by atoms with E-state index in [1.54, 1.807) is 0 Å². The van der Waals surface area contributed by atoms with Crippen molar-refractivity contribution in [1.29, 1.82) is 0 Å². The van der Waals surface area contributed by atoms with Crippen LogP contribution in [0.3, 0.4) is 0 Å². The molecule has 0 spiro atoms. The Balaban J connectivity index is 2.42. The Morgan fingerprint density at radius 1 is 1.18 bits per heavy atom. The largest absolute Gasteiger partial charge is 0.369 e. The fourth-order valence-corrected chi connectivity index (χ4v) is 1.01. The monoisotopic (exact) mass is 224 g/mol. The van der Waals surface area contributed by atoms with Crippen LogP contribution in [0, 0.1) is 36.0 Å². The van der Waals surface area contributed by atoms with E-state index in [-0.39, 0.29) is 13.2 Å². The Labute approximate surface area is 102 Å². The smallest absolute Gasteiger partial charge is 0.177 e.